The highest BCUT2D eigenvalue weighted by Gasteiger charge is 2.21. The van der Waals surface area contributed by atoms with E-state index in [0.29, 0.717) is 0 Å². The van der Waals surface area contributed by atoms with E-state index in [1.165, 1.54) is 42.0 Å². The highest BCUT2D eigenvalue weighted by Crippen LogP contribution is 2.23. The minimum Gasteiger partial charge on any atom is -0.318 e. The standard InChI is InChI=1S/C14H24N2S/c1-3-13-7-8-14(17-13)11-16-9-5-4-6-12(16)10-15-2/h7-8,12,15H,3-6,9-11H2,1-2H3. The number of hydrogen-bond acceptors (Lipinski definition) is 3. The fraction of sp³-hybridized carbons (Fsp3) is 0.714. The molecule has 0 saturated carbocycles. The van der Waals surface area contributed by atoms with Crippen molar-refractivity contribution in [3.8, 4) is 0 Å². The van der Waals surface area contributed by atoms with Crippen LogP contribution in [0.3, 0.4) is 0 Å². The summed E-state index contributed by atoms with van der Waals surface area (Å²) in [5.74, 6) is 0. The maximum Gasteiger partial charge on any atom is 0.0331 e. The Morgan fingerprint density at radius 1 is 1.35 bits per heavy atom. The van der Waals surface area contributed by atoms with Crippen molar-refractivity contribution in [2.75, 3.05) is 20.1 Å². The molecule has 1 atom stereocenters. The van der Waals surface area contributed by atoms with Crippen LogP contribution in [0.4, 0.5) is 0 Å². The summed E-state index contributed by atoms with van der Waals surface area (Å²) in [6.45, 7) is 5.79. The van der Waals surface area contributed by atoms with E-state index in [1.54, 1.807) is 0 Å². The summed E-state index contributed by atoms with van der Waals surface area (Å²) in [4.78, 5) is 5.71. The Labute approximate surface area is 109 Å². The Morgan fingerprint density at radius 2 is 2.18 bits per heavy atom. The molecule has 2 rings (SSSR count). The molecule has 1 fully saturated rings. The normalized spacial score (nSPS) is 21.9. The molecular weight excluding hydrogens is 228 g/mol. The predicted molar refractivity (Wildman–Crippen MR) is 75.7 cm³/mol. The number of likely N-dealkylation sites (tertiary alicyclic amines) is 1. The number of nitrogens with one attached hydrogen (secondary N) is 1. The molecule has 0 radical (unpaired) electrons. The number of aryl methyl sites for hydroxylation is 1. The van der Waals surface area contributed by atoms with Gasteiger partial charge in [-0.15, -0.1) is 11.3 Å². The molecule has 3 heteroatoms. The minimum absolute atomic E-state index is 0.737. The third-order valence-electron chi connectivity index (χ3n) is 3.61. The van der Waals surface area contributed by atoms with Crippen LogP contribution >= 0.6 is 11.3 Å². The highest BCUT2D eigenvalue weighted by atomic mass is 32.1. The lowest BCUT2D eigenvalue weighted by molar-refractivity contribution is 0.140. The Hall–Kier alpha value is -0.380. The molecule has 1 N–H and O–H groups in total. The van der Waals surface area contributed by atoms with Gasteiger partial charge in [0.1, 0.15) is 0 Å². The van der Waals surface area contributed by atoms with Crippen molar-refractivity contribution < 1.29 is 0 Å². The summed E-state index contributed by atoms with van der Waals surface area (Å²) in [6, 6.07) is 5.34. The van der Waals surface area contributed by atoms with Crippen LogP contribution in [-0.2, 0) is 13.0 Å². The van der Waals surface area contributed by atoms with Gasteiger partial charge in [0.25, 0.3) is 0 Å². The SMILES string of the molecule is CCc1ccc(CN2CCCCC2CNC)s1. The smallest absolute Gasteiger partial charge is 0.0331 e. The Bertz CT molecular complexity index is 333. The zero-order valence-electron chi connectivity index (χ0n) is 11.0. The van der Waals surface area contributed by atoms with E-state index in [1.807, 2.05) is 11.3 Å². The van der Waals surface area contributed by atoms with Crippen molar-refractivity contribution in [2.24, 2.45) is 0 Å². The fourth-order valence-electron chi connectivity index (χ4n) is 2.63. The van der Waals surface area contributed by atoms with E-state index in [4.69, 9.17) is 0 Å². The van der Waals surface area contributed by atoms with Gasteiger partial charge in [-0.25, -0.2) is 0 Å². The second kappa shape index (κ2) is 6.53. The second-order valence-corrected chi connectivity index (χ2v) is 6.15. The van der Waals surface area contributed by atoms with Gasteiger partial charge in [-0.1, -0.05) is 13.3 Å². The van der Waals surface area contributed by atoms with Gasteiger partial charge in [0, 0.05) is 28.9 Å². The van der Waals surface area contributed by atoms with Crippen molar-refractivity contribution in [1.29, 1.82) is 0 Å². The molecule has 0 aromatic carbocycles. The summed E-state index contributed by atoms with van der Waals surface area (Å²) in [5, 5.41) is 3.33. The van der Waals surface area contributed by atoms with E-state index < -0.39 is 0 Å². The number of thiophene rings is 1. The number of rotatable bonds is 5. The maximum atomic E-state index is 3.33. The third kappa shape index (κ3) is 3.54. The molecule has 1 aromatic heterocycles. The van der Waals surface area contributed by atoms with Crippen molar-refractivity contribution in [2.45, 2.75) is 45.2 Å². The van der Waals surface area contributed by atoms with Crippen LogP contribution in [0, 0.1) is 0 Å². The first-order chi connectivity index (χ1) is 8.33. The van der Waals surface area contributed by atoms with Crippen LogP contribution in [0.15, 0.2) is 12.1 Å². The molecule has 1 aliphatic heterocycles. The van der Waals surface area contributed by atoms with Crippen molar-refractivity contribution in [3.05, 3.63) is 21.9 Å². The first kappa shape index (κ1) is 13.1. The van der Waals surface area contributed by atoms with Gasteiger partial charge in [-0.2, -0.15) is 0 Å². The zero-order valence-corrected chi connectivity index (χ0v) is 11.9. The Kier molecular flexibility index (Phi) is 5.01. The van der Waals surface area contributed by atoms with E-state index in [-0.39, 0.29) is 0 Å². The van der Waals surface area contributed by atoms with Crippen LogP contribution in [0.25, 0.3) is 0 Å². The molecule has 0 bridgehead atoms. The topological polar surface area (TPSA) is 15.3 Å². The van der Waals surface area contributed by atoms with Gasteiger partial charge in [0.2, 0.25) is 0 Å². The number of nitrogens with zero attached hydrogens (tertiary/aromatic N) is 1. The van der Waals surface area contributed by atoms with Crippen LogP contribution in [0.2, 0.25) is 0 Å². The van der Waals surface area contributed by atoms with Gasteiger partial charge < -0.3 is 5.32 Å². The largest absolute Gasteiger partial charge is 0.318 e. The molecule has 1 aliphatic rings. The van der Waals surface area contributed by atoms with E-state index in [9.17, 15) is 0 Å². The maximum absolute atomic E-state index is 3.33. The van der Waals surface area contributed by atoms with Gasteiger partial charge in [-0.05, 0) is 45.0 Å². The number of likely N-dealkylation sites (N-methyl/N-ethyl adjacent to an activating group) is 1. The quantitative estimate of drug-likeness (QED) is 0.867. The van der Waals surface area contributed by atoms with Crippen molar-refractivity contribution >= 4 is 11.3 Å². The van der Waals surface area contributed by atoms with Crippen LogP contribution in [0.1, 0.15) is 35.9 Å². The Morgan fingerprint density at radius 3 is 2.88 bits per heavy atom. The van der Waals surface area contributed by atoms with Crippen LogP contribution in [0.5, 0.6) is 0 Å². The fourth-order valence-corrected chi connectivity index (χ4v) is 3.62. The van der Waals surface area contributed by atoms with E-state index in [0.717, 1.165) is 19.1 Å². The summed E-state index contributed by atoms with van der Waals surface area (Å²) >= 11 is 1.98. The summed E-state index contributed by atoms with van der Waals surface area (Å²) in [5.41, 5.74) is 0. The lowest BCUT2D eigenvalue weighted by Gasteiger charge is -2.35. The lowest BCUT2D eigenvalue weighted by atomic mass is 10.0. The van der Waals surface area contributed by atoms with Crippen molar-refractivity contribution in [3.63, 3.8) is 0 Å². The highest BCUT2D eigenvalue weighted by molar-refractivity contribution is 7.11. The average molecular weight is 252 g/mol. The molecule has 17 heavy (non-hydrogen) atoms. The summed E-state index contributed by atoms with van der Waals surface area (Å²) in [7, 11) is 2.06. The molecule has 0 spiro atoms. The molecule has 2 heterocycles. The Balaban J connectivity index is 1.95. The van der Waals surface area contributed by atoms with Crippen LogP contribution < -0.4 is 5.32 Å². The summed E-state index contributed by atoms with van der Waals surface area (Å²) < 4.78 is 0. The van der Waals surface area contributed by atoms with Crippen LogP contribution in [-0.4, -0.2) is 31.1 Å². The first-order valence-electron chi connectivity index (χ1n) is 6.79. The molecule has 2 nitrogen and oxygen atoms in total. The minimum atomic E-state index is 0.737. The molecule has 0 amide bonds. The van der Waals surface area contributed by atoms with Gasteiger partial charge in [-0.3, -0.25) is 4.90 Å². The molecule has 1 aromatic rings. The predicted octanol–water partition coefficient (Wildman–Crippen LogP) is 2.88. The molecule has 1 saturated heterocycles. The average Bonchev–Trinajstić information content (AvgIpc) is 2.80. The zero-order chi connectivity index (χ0) is 12.1. The van der Waals surface area contributed by atoms with E-state index in [2.05, 4.69) is 36.3 Å². The molecule has 96 valence electrons. The van der Waals surface area contributed by atoms with Gasteiger partial charge in [0.15, 0.2) is 0 Å². The number of piperidine rings is 1. The molecule has 0 aliphatic carbocycles. The monoisotopic (exact) mass is 252 g/mol. The lowest BCUT2D eigenvalue weighted by Crippen LogP contribution is -2.44. The van der Waals surface area contributed by atoms with E-state index >= 15 is 0 Å². The number of hydrogen-bond donors (Lipinski definition) is 1. The molecular formula is C14H24N2S. The van der Waals surface area contributed by atoms with Gasteiger partial charge >= 0.3 is 0 Å². The van der Waals surface area contributed by atoms with Gasteiger partial charge in [0.05, 0.1) is 0 Å². The molecule has 1 unspecified atom stereocenters. The second-order valence-electron chi connectivity index (χ2n) is 4.90. The summed E-state index contributed by atoms with van der Waals surface area (Å²) in [6.07, 6.45) is 5.29. The van der Waals surface area contributed by atoms with Crippen molar-refractivity contribution in [1.82, 2.24) is 10.2 Å². The third-order valence-corrected chi connectivity index (χ3v) is 4.83. The first-order valence-corrected chi connectivity index (χ1v) is 7.61.